The first kappa shape index (κ1) is 18.4. The molecule has 1 amide bonds. The number of hydrogen-bond acceptors (Lipinski definition) is 4. The largest absolute Gasteiger partial charge is 0.465 e. The SMILES string of the molecule is COC(=O)c1ccc(CNC(=O)CCc2cnn(-c3ccccc3)c2)cc1. The normalized spacial score (nSPS) is 10.4. The number of aryl methyl sites for hydroxylation is 1. The molecule has 0 bridgehead atoms. The number of rotatable bonds is 7. The lowest BCUT2D eigenvalue weighted by Gasteiger charge is -2.06. The Hall–Kier alpha value is -3.41. The molecular formula is C21H21N3O3. The van der Waals surface area contributed by atoms with E-state index in [-0.39, 0.29) is 11.9 Å². The highest BCUT2D eigenvalue weighted by Gasteiger charge is 2.07. The van der Waals surface area contributed by atoms with E-state index < -0.39 is 0 Å². The minimum atomic E-state index is -0.373. The predicted molar refractivity (Wildman–Crippen MR) is 102 cm³/mol. The molecule has 138 valence electrons. The van der Waals surface area contributed by atoms with E-state index in [4.69, 9.17) is 0 Å². The smallest absolute Gasteiger partial charge is 0.337 e. The number of benzene rings is 2. The predicted octanol–water partition coefficient (Wildman–Crippen LogP) is 2.91. The molecule has 0 aliphatic carbocycles. The third-order valence-corrected chi connectivity index (χ3v) is 4.16. The molecule has 0 saturated heterocycles. The summed E-state index contributed by atoms with van der Waals surface area (Å²) in [6.07, 6.45) is 4.74. The Bertz CT molecular complexity index is 902. The van der Waals surface area contributed by atoms with Gasteiger partial charge in [-0.3, -0.25) is 4.79 Å². The molecule has 1 N–H and O–H groups in total. The summed E-state index contributed by atoms with van der Waals surface area (Å²) >= 11 is 0. The van der Waals surface area contributed by atoms with Crippen LogP contribution in [0.15, 0.2) is 67.0 Å². The first-order valence-corrected chi connectivity index (χ1v) is 8.68. The Morgan fingerprint density at radius 1 is 1.04 bits per heavy atom. The molecule has 1 heterocycles. The number of esters is 1. The summed E-state index contributed by atoms with van der Waals surface area (Å²) in [5.41, 5.74) is 3.41. The van der Waals surface area contributed by atoms with Gasteiger partial charge < -0.3 is 10.1 Å². The van der Waals surface area contributed by atoms with Crippen LogP contribution in [0.5, 0.6) is 0 Å². The van der Waals surface area contributed by atoms with Crippen molar-refractivity contribution in [2.45, 2.75) is 19.4 Å². The molecule has 2 aromatic carbocycles. The lowest BCUT2D eigenvalue weighted by molar-refractivity contribution is -0.121. The number of amides is 1. The maximum atomic E-state index is 12.1. The highest BCUT2D eigenvalue weighted by molar-refractivity contribution is 5.89. The summed E-state index contributed by atoms with van der Waals surface area (Å²) in [6, 6.07) is 16.8. The van der Waals surface area contributed by atoms with E-state index in [2.05, 4.69) is 15.2 Å². The monoisotopic (exact) mass is 363 g/mol. The van der Waals surface area contributed by atoms with Crippen LogP contribution in [0.25, 0.3) is 5.69 Å². The van der Waals surface area contributed by atoms with Crippen molar-refractivity contribution in [2.24, 2.45) is 0 Å². The van der Waals surface area contributed by atoms with Crippen LogP contribution >= 0.6 is 0 Å². The third kappa shape index (κ3) is 5.04. The average molecular weight is 363 g/mol. The van der Waals surface area contributed by atoms with E-state index in [9.17, 15) is 9.59 Å². The van der Waals surface area contributed by atoms with Gasteiger partial charge in [-0.05, 0) is 41.8 Å². The van der Waals surface area contributed by atoms with Gasteiger partial charge in [-0.1, -0.05) is 30.3 Å². The molecule has 6 nitrogen and oxygen atoms in total. The molecule has 6 heteroatoms. The molecule has 0 fully saturated rings. The number of hydrogen-bond donors (Lipinski definition) is 1. The van der Waals surface area contributed by atoms with Crippen molar-refractivity contribution in [1.82, 2.24) is 15.1 Å². The minimum absolute atomic E-state index is 0.0282. The number of aromatic nitrogens is 2. The fourth-order valence-corrected chi connectivity index (χ4v) is 2.63. The van der Waals surface area contributed by atoms with Gasteiger partial charge in [0.1, 0.15) is 0 Å². The summed E-state index contributed by atoms with van der Waals surface area (Å²) < 4.78 is 6.46. The number of carbonyl (C=O) groups excluding carboxylic acids is 2. The Kier molecular flexibility index (Phi) is 5.99. The Labute approximate surface area is 157 Å². The molecule has 27 heavy (non-hydrogen) atoms. The number of carbonyl (C=O) groups is 2. The highest BCUT2D eigenvalue weighted by Crippen LogP contribution is 2.09. The van der Waals surface area contributed by atoms with E-state index in [0.717, 1.165) is 16.8 Å². The third-order valence-electron chi connectivity index (χ3n) is 4.16. The van der Waals surface area contributed by atoms with Crippen molar-refractivity contribution in [2.75, 3.05) is 7.11 Å². The van der Waals surface area contributed by atoms with Gasteiger partial charge in [-0.25, -0.2) is 9.48 Å². The molecule has 0 saturated carbocycles. The van der Waals surface area contributed by atoms with Crippen LogP contribution in [0.4, 0.5) is 0 Å². The summed E-state index contributed by atoms with van der Waals surface area (Å²) in [6.45, 7) is 0.420. The lowest BCUT2D eigenvalue weighted by Crippen LogP contribution is -2.23. The number of nitrogens with zero attached hydrogens (tertiary/aromatic N) is 2. The van der Waals surface area contributed by atoms with Gasteiger partial charge >= 0.3 is 5.97 Å². The van der Waals surface area contributed by atoms with Crippen LogP contribution in [0.2, 0.25) is 0 Å². The number of methoxy groups -OCH3 is 1. The first-order chi connectivity index (χ1) is 13.2. The Balaban J connectivity index is 1.46. The fraction of sp³-hybridized carbons (Fsp3) is 0.190. The van der Waals surface area contributed by atoms with Gasteiger partial charge in [-0.15, -0.1) is 0 Å². The Morgan fingerprint density at radius 2 is 1.78 bits per heavy atom. The molecular weight excluding hydrogens is 342 g/mol. The van der Waals surface area contributed by atoms with E-state index in [1.165, 1.54) is 7.11 Å². The van der Waals surface area contributed by atoms with Gasteiger partial charge in [0.05, 0.1) is 24.6 Å². The summed E-state index contributed by atoms with van der Waals surface area (Å²) in [4.78, 5) is 23.5. The Morgan fingerprint density at radius 3 is 2.48 bits per heavy atom. The minimum Gasteiger partial charge on any atom is -0.465 e. The second-order valence-corrected chi connectivity index (χ2v) is 6.09. The molecule has 0 radical (unpaired) electrons. The summed E-state index contributed by atoms with van der Waals surface area (Å²) in [7, 11) is 1.35. The van der Waals surface area contributed by atoms with Crippen LogP contribution in [0.3, 0.4) is 0 Å². The summed E-state index contributed by atoms with van der Waals surface area (Å²) in [5.74, 6) is -0.402. The lowest BCUT2D eigenvalue weighted by atomic mass is 10.1. The van der Waals surface area contributed by atoms with Gasteiger partial charge in [0.15, 0.2) is 0 Å². The van der Waals surface area contributed by atoms with Crippen LogP contribution in [-0.2, 0) is 22.5 Å². The molecule has 3 aromatic rings. The number of para-hydroxylation sites is 1. The fourth-order valence-electron chi connectivity index (χ4n) is 2.63. The molecule has 0 atom stereocenters. The van der Waals surface area contributed by atoms with E-state index >= 15 is 0 Å². The first-order valence-electron chi connectivity index (χ1n) is 8.68. The molecule has 0 aliphatic rings. The van der Waals surface area contributed by atoms with Gasteiger partial charge in [-0.2, -0.15) is 5.10 Å². The molecule has 0 aliphatic heterocycles. The van der Waals surface area contributed by atoms with E-state index in [1.807, 2.05) is 36.5 Å². The van der Waals surface area contributed by atoms with Crippen molar-refractivity contribution >= 4 is 11.9 Å². The maximum absolute atomic E-state index is 12.1. The standard InChI is InChI=1S/C21H21N3O3/c1-27-21(26)18-10-7-16(8-11-18)13-22-20(25)12-9-17-14-23-24(15-17)19-5-3-2-4-6-19/h2-8,10-11,14-15H,9,12-13H2,1H3,(H,22,25). The molecule has 1 aromatic heterocycles. The zero-order chi connectivity index (χ0) is 19.1. The zero-order valence-electron chi connectivity index (χ0n) is 15.1. The van der Waals surface area contributed by atoms with Crippen molar-refractivity contribution < 1.29 is 14.3 Å². The molecule has 0 spiro atoms. The van der Waals surface area contributed by atoms with Gasteiger partial charge in [0.25, 0.3) is 0 Å². The molecule has 3 rings (SSSR count). The van der Waals surface area contributed by atoms with Gasteiger partial charge in [0, 0.05) is 19.2 Å². The van der Waals surface area contributed by atoms with E-state index in [1.54, 1.807) is 35.1 Å². The van der Waals surface area contributed by atoms with Crippen LogP contribution in [0.1, 0.15) is 27.9 Å². The topological polar surface area (TPSA) is 73.2 Å². The maximum Gasteiger partial charge on any atom is 0.337 e. The zero-order valence-corrected chi connectivity index (χ0v) is 15.1. The van der Waals surface area contributed by atoms with E-state index in [0.29, 0.717) is 24.9 Å². The van der Waals surface area contributed by atoms with Crippen LogP contribution < -0.4 is 5.32 Å². The van der Waals surface area contributed by atoms with Gasteiger partial charge in [0.2, 0.25) is 5.91 Å². The van der Waals surface area contributed by atoms with Crippen molar-refractivity contribution in [3.05, 3.63) is 83.7 Å². The summed E-state index contributed by atoms with van der Waals surface area (Å²) in [5, 5.41) is 7.22. The average Bonchev–Trinajstić information content (AvgIpc) is 3.20. The number of nitrogens with one attached hydrogen (secondary N) is 1. The highest BCUT2D eigenvalue weighted by atomic mass is 16.5. The molecule has 0 unspecified atom stereocenters. The van der Waals surface area contributed by atoms with Crippen molar-refractivity contribution in [3.8, 4) is 5.69 Å². The second-order valence-electron chi connectivity index (χ2n) is 6.09. The second kappa shape index (κ2) is 8.80. The quantitative estimate of drug-likeness (QED) is 0.655. The van der Waals surface area contributed by atoms with Crippen LogP contribution in [0, 0.1) is 0 Å². The van der Waals surface area contributed by atoms with Crippen molar-refractivity contribution in [3.63, 3.8) is 0 Å². The van der Waals surface area contributed by atoms with Crippen LogP contribution in [-0.4, -0.2) is 28.8 Å². The van der Waals surface area contributed by atoms with Crippen molar-refractivity contribution in [1.29, 1.82) is 0 Å². The number of ether oxygens (including phenoxy) is 1.